The van der Waals surface area contributed by atoms with Crippen LogP contribution in [-0.4, -0.2) is 29.9 Å². The summed E-state index contributed by atoms with van der Waals surface area (Å²) in [6.07, 6.45) is 3.42. The Morgan fingerprint density at radius 3 is 3.05 bits per heavy atom. The normalized spacial score (nSPS) is 14.7. The fraction of sp³-hybridized carbons (Fsp3) is 0.429. The Labute approximate surface area is 117 Å². The molecule has 102 valence electrons. The molecule has 19 heavy (non-hydrogen) atoms. The van der Waals surface area contributed by atoms with E-state index in [0.717, 1.165) is 17.7 Å². The summed E-state index contributed by atoms with van der Waals surface area (Å²) in [5.74, 6) is -0.0985. The molecule has 1 aromatic carbocycles. The predicted octanol–water partition coefficient (Wildman–Crippen LogP) is 2.05. The summed E-state index contributed by atoms with van der Waals surface area (Å²) < 4.78 is 0. The zero-order chi connectivity index (χ0) is 13.8. The fourth-order valence-corrected chi connectivity index (χ4v) is 2.32. The van der Waals surface area contributed by atoms with Gasteiger partial charge in [-0.1, -0.05) is 13.0 Å². The van der Waals surface area contributed by atoms with Crippen LogP contribution in [0.1, 0.15) is 29.3 Å². The van der Waals surface area contributed by atoms with Crippen molar-refractivity contribution in [2.45, 2.75) is 25.0 Å². The molecule has 0 radical (unpaired) electrons. The number of hydrogen-bond donors (Lipinski definition) is 2. The molecule has 5 heteroatoms. The highest BCUT2D eigenvalue weighted by atomic mass is 32.2. The Morgan fingerprint density at radius 1 is 1.53 bits per heavy atom. The molecule has 2 amide bonds. The Bertz CT molecular complexity index is 502. The zero-order valence-corrected chi connectivity index (χ0v) is 12.0. The van der Waals surface area contributed by atoms with Crippen molar-refractivity contribution < 1.29 is 9.59 Å². The molecule has 0 spiro atoms. The minimum absolute atomic E-state index is 0.0126. The minimum Gasteiger partial charge on any atom is -0.352 e. The van der Waals surface area contributed by atoms with Gasteiger partial charge in [-0.3, -0.25) is 9.59 Å². The van der Waals surface area contributed by atoms with Crippen molar-refractivity contribution in [2.24, 2.45) is 0 Å². The van der Waals surface area contributed by atoms with Crippen LogP contribution in [0, 0.1) is 0 Å². The van der Waals surface area contributed by atoms with Crippen LogP contribution in [0.25, 0.3) is 0 Å². The van der Waals surface area contributed by atoms with Crippen molar-refractivity contribution in [1.82, 2.24) is 5.32 Å². The lowest BCUT2D eigenvalue weighted by molar-refractivity contribution is -0.115. The first-order valence-electron chi connectivity index (χ1n) is 6.34. The van der Waals surface area contributed by atoms with Crippen LogP contribution >= 0.6 is 11.8 Å². The Kier molecular flexibility index (Phi) is 4.47. The molecule has 4 nitrogen and oxygen atoms in total. The van der Waals surface area contributed by atoms with Gasteiger partial charge < -0.3 is 10.6 Å². The van der Waals surface area contributed by atoms with E-state index in [1.54, 1.807) is 23.9 Å². The number of hydrogen-bond acceptors (Lipinski definition) is 3. The van der Waals surface area contributed by atoms with Crippen molar-refractivity contribution in [2.75, 3.05) is 18.1 Å². The highest BCUT2D eigenvalue weighted by Gasteiger charge is 2.18. The number of thioether (sulfide) groups is 1. The van der Waals surface area contributed by atoms with E-state index in [-0.39, 0.29) is 11.8 Å². The van der Waals surface area contributed by atoms with E-state index in [4.69, 9.17) is 0 Å². The fourth-order valence-electron chi connectivity index (χ4n) is 1.96. The maximum absolute atomic E-state index is 12.0. The van der Waals surface area contributed by atoms with Crippen LogP contribution in [0.3, 0.4) is 0 Å². The molecule has 1 aliphatic rings. The largest absolute Gasteiger partial charge is 0.352 e. The quantitative estimate of drug-likeness (QED) is 0.866. The second-order valence-corrected chi connectivity index (χ2v) is 5.96. The average molecular weight is 278 g/mol. The Morgan fingerprint density at radius 2 is 2.32 bits per heavy atom. The second kappa shape index (κ2) is 6.10. The number of amides is 2. The van der Waals surface area contributed by atoms with Crippen LogP contribution in [-0.2, 0) is 11.2 Å². The number of rotatable bonds is 5. The van der Waals surface area contributed by atoms with Crippen molar-refractivity contribution in [1.29, 1.82) is 0 Å². The van der Waals surface area contributed by atoms with E-state index < -0.39 is 0 Å². The molecule has 1 atom stereocenters. The smallest absolute Gasteiger partial charge is 0.251 e. The molecular formula is C14H18N2O2S. The van der Waals surface area contributed by atoms with Gasteiger partial charge >= 0.3 is 0 Å². The van der Waals surface area contributed by atoms with Crippen molar-refractivity contribution in [3.63, 3.8) is 0 Å². The summed E-state index contributed by atoms with van der Waals surface area (Å²) in [4.78, 5) is 23.2. The summed E-state index contributed by atoms with van der Waals surface area (Å²) >= 11 is 1.79. The summed E-state index contributed by atoms with van der Waals surface area (Å²) in [7, 11) is 0. The van der Waals surface area contributed by atoms with Gasteiger partial charge in [0.05, 0.1) is 6.42 Å². The van der Waals surface area contributed by atoms with Crippen LogP contribution < -0.4 is 10.6 Å². The van der Waals surface area contributed by atoms with Gasteiger partial charge in [-0.05, 0) is 30.4 Å². The first-order valence-corrected chi connectivity index (χ1v) is 7.62. The highest BCUT2D eigenvalue weighted by molar-refractivity contribution is 7.99. The van der Waals surface area contributed by atoms with E-state index in [2.05, 4.69) is 23.8 Å². The third-order valence-electron chi connectivity index (χ3n) is 3.24. The number of anilines is 1. The SMILES string of the molecule is CSC(C)CCNC(=O)c1ccc2c(c1)NC(=O)C2. The van der Waals surface area contributed by atoms with Crippen LogP contribution in [0.2, 0.25) is 0 Å². The van der Waals surface area contributed by atoms with E-state index in [1.807, 2.05) is 6.07 Å². The predicted molar refractivity (Wildman–Crippen MR) is 78.7 cm³/mol. The van der Waals surface area contributed by atoms with E-state index >= 15 is 0 Å². The summed E-state index contributed by atoms with van der Waals surface area (Å²) in [6.45, 7) is 2.81. The maximum atomic E-state index is 12.0. The lowest BCUT2D eigenvalue weighted by atomic mass is 10.1. The van der Waals surface area contributed by atoms with E-state index in [9.17, 15) is 9.59 Å². The molecule has 0 saturated heterocycles. The van der Waals surface area contributed by atoms with Crippen LogP contribution in [0.5, 0.6) is 0 Å². The monoisotopic (exact) mass is 278 g/mol. The van der Waals surface area contributed by atoms with Crippen LogP contribution in [0.4, 0.5) is 5.69 Å². The molecule has 0 aliphatic carbocycles. The van der Waals surface area contributed by atoms with Gasteiger partial charge in [0.1, 0.15) is 0 Å². The van der Waals surface area contributed by atoms with Gasteiger partial charge in [0.15, 0.2) is 0 Å². The molecular weight excluding hydrogens is 260 g/mol. The number of carbonyl (C=O) groups excluding carboxylic acids is 2. The number of nitrogens with one attached hydrogen (secondary N) is 2. The molecule has 0 bridgehead atoms. The Balaban J connectivity index is 1.93. The zero-order valence-electron chi connectivity index (χ0n) is 11.2. The molecule has 0 fully saturated rings. The summed E-state index contributed by atoms with van der Waals surface area (Å²) in [6, 6.07) is 5.35. The van der Waals surface area contributed by atoms with Crippen molar-refractivity contribution in [3.8, 4) is 0 Å². The third kappa shape index (κ3) is 3.50. The summed E-state index contributed by atoms with van der Waals surface area (Å²) in [5.41, 5.74) is 2.31. The van der Waals surface area contributed by atoms with Gasteiger partial charge in [0, 0.05) is 23.0 Å². The van der Waals surface area contributed by atoms with Crippen molar-refractivity contribution in [3.05, 3.63) is 29.3 Å². The molecule has 1 heterocycles. The molecule has 1 aromatic rings. The van der Waals surface area contributed by atoms with Gasteiger partial charge in [-0.2, -0.15) is 11.8 Å². The van der Waals surface area contributed by atoms with E-state index in [1.165, 1.54) is 0 Å². The lowest BCUT2D eigenvalue weighted by Gasteiger charge is -2.09. The van der Waals surface area contributed by atoms with Gasteiger partial charge in [0.2, 0.25) is 5.91 Å². The molecule has 0 aromatic heterocycles. The Hall–Kier alpha value is -1.49. The molecule has 1 aliphatic heterocycles. The molecule has 0 saturated carbocycles. The standard InChI is InChI=1S/C14H18N2O2S/c1-9(19-2)5-6-15-14(18)11-4-3-10-8-13(17)16-12(10)7-11/h3-4,7,9H,5-6,8H2,1-2H3,(H,15,18)(H,16,17). The highest BCUT2D eigenvalue weighted by Crippen LogP contribution is 2.23. The second-order valence-electron chi connectivity index (χ2n) is 4.69. The number of fused-ring (bicyclic) bond motifs is 1. The number of carbonyl (C=O) groups is 2. The average Bonchev–Trinajstić information content (AvgIpc) is 2.77. The lowest BCUT2D eigenvalue weighted by Crippen LogP contribution is -2.26. The van der Waals surface area contributed by atoms with Gasteiger partial charge in [-0.25, -0.2) is 0 Å². The number of benzene rings is 1. The first-order chi connectivity index (χ1) is 9.10. The topological polar surface area (TPSA) is 58.2 Å². The summed E-state index contributed by atoms with van der Waals surface area (Å²) in [5, 5.41) is 6.20. The third-order valence-corrected chi connectivity index (χ3v) is 4.28. The molecule has 1 unspecified atom stereocenters. The molecule has 2 N–H and O–H groups in total. The maximum Gasteiger partial charge on any atom is 0.251 e. The van der Waals surface area contributed by atoms with Gasteiger partial charge in [-0.15, -0.1) is 0 Å². The van der Waals surface area contributed by atoms with Gasteiger partial charge in [0.25, 0.3) is 5.91 Å². The van der Waals surface area contributed by atoms with Crippen molar-refractivity contribution >= 4 is 29.3 Å². The minimum atomic E-state index is -0.0859. The first kappa shape index (κ1) is 13.9. The van der Waals surface area contributed by atoms with E-state index in [0.29, 0.717) is 23.8 Å². The molecule has 2 rings (SSSR count). The van der Waals surface area contributed by atoms with Crippen LogP contribution in [0.15, 0.2) is 18.2 Å².